The molecule has 35 heavy (non-hydrogen) atoms. The Labute approximate surface area is 205 Å². The molecular formula is C27H32N2O6. The largest absolute Gasteiger partial charge is 0.507 e. The molecule has 2 heterocycles. The molecule has 0 aromatic heterocycles. The first kappa shape index (κ1) is 24.6. The van der Waals surface area contributed by atoms with Crippen molar-refractivity contribution in [3.05, 3.63) is 58.7 Å². The molecule has 0 spiro atoms. The first-order valence-corrected chi connectivity index (χ1v) is 11.7. The number of ether oxygens (including phenoxy) is 3. The van der Waals surface area contributed by atoms with Crippen molar-refractivity contribution in [2.45, 2.75) is 31.9 Å². The molecule has 8 heteroatoms. The number of Topliss-reactive ketones (excluding diaryl/α,β-unsaturated/α-hetero) is 1. The summed E-state index contributed by atoms with van der Waals surface area (Å²) in [5.41, 5.74) is 2.17. The van der Waals surface area contributed by atoms with Crippen LogP contribution in [0.5, 0.6) is 17.2 Å². The second kappa shape index (κ2) is 10.00. The summed E-state index contributed by atoms with van der Waals surface area (Å²) in [6, 6.07) is 9.88. The van der Waals surface area contributed by atoms with E-state index in [2.05, 4.69) is 0 Å². The lowest BCUT2D eigenvalue weighted by atomic mass is 9.94. The van der Waals surface area contributed by atoms with E-state index in [0.717, 1.165) is 17.9 Å². The molecule has 2 aromatic carbocycles. The van der Waals surface area contributed by atoms with Crippen molar-refractivity contribution in [2.24, 2.45) is 0 Å². The Morgan fingerprint density at radius 3 is 2.54 bits per heavy atom. The van der Waals surface area contributed by atoms with Crippen LogP contribution in [-0.4, -0.2) is 74.1 Å². The van der Waals surface area contributed by atoms with Crippen LogP contribution in [0.4, 0.5) is 0 Å². The van der Waals surface area contributed by atoms with Gasteiger partial charge in [0.25, 0.3) is 11.7 Å². The molecule has 4 rings (SSSR count). The molecular weight excluding hydrogens is 448 g/mol. The minimum absolute atomic E-state index is 0.0523. The van der Waals surface area contributed by atoms with Gasteiger partial charge in [-0.1, -0.05) is 6.07 Å². The first-order chi connectivity index (χ1) is 16.7. The van der Waals surface area contributed by atoms with Gasteiger partial charge in [0.2, 0.25) is 0 Å². The fourth-order valence-electron chi connectivity index (χ4n) is 4.76. The number of ketones is 1. The Morgan fingerprint density at radius 2 is 1.86 bits per heavy atom. The third kappa shape index (κ3) is 4.71. The van der Waals surface area contributed by atoms with Gasteiger partial charge in [0.05, 0.1) is 25.8 Å². The highest BCUT2D eigenvalue weighted by atomic mass is 16.5. The van der Waals surface area contributed by atoms with Crippen molar-refractivity contribution in [2.75, 3.05) is 41.4 Å². The molecule has 0 radical (unpaired) electrons. The second-order valence-corrected chi connectivity index (χ2v) is 9.22. The van der Waals surface area contributed by atoms with Crippen molar-refractivity contribution in [3.8, 4) is 17.2 Å². The van der Waals surface area contributed by atoms with Crippen LogP contribution in [0, 0.1) is 0 Å². The molecule has 0 bridgehead atoms. The number of aliphatic hydroxyl groups excluding tert-OH is 1. The van der Waals surface area contributed by atoms with E-state index in [-0.39, 0.29) is 17.4 Å². The molecule has 2 aliphatic rings. The van der Waals surface area contributed by atoms with Crippen molar-refractivity contribution in [3.63, 3.8) is 0 Å². The zero-order valence-corrected chi connectivity index (χ0v) is 20.8. The highest BCUT2D eigenvalue weighted by molar-refractivity contribution is 6.46. The van der Waals surface area contributed by atoms with Crippen molar-refractivity contribution in [1.82, 2.24) is 9.80 Å². The Balaban J connectivity index is 1.81. The van der Waals surface area contributed by atoms with Gasteiger partial charge in [-0.2, -0.15) is 0 Å². The summed E-state index contributed by atoms with van der Waals surface area (Å²) in [7, 11) is 6.99. The predicted molar refractivity (Wildman–Crippen MR) is 132 cm³/mol. The Kier molecular flexibility index (Phi) is 7.03. The van der Waals surface area contributed by atoms with E-state index in [4.69, 9.17) is 14.2 Å². The van der Waals surface area contributed by atoms with E-state index in [1.54, 1.807) is 37.4 Å². The average molecular weight is 481 g/mol. The van der Waals surface area contributed by atoms with Gasteiger partial charge in [0.1, 0.15) is 17.6 Å². The Bertz CT molecular complexity index is 1170. The number of nitrogens with zero attached hydrogens (tertiary/aromatic N) is 2. The summed E-state index contributed by atoms with van der Waals surface area (Å²) >= 11 is 0. The number of hydrogen-bond donors (Lipinski definition) is 1. The molecule has 1 saturated heterocycles. The standard InChI is InChI=1S/C27H32N2O6/c1-16-13-19-14-18(8-9-20(19)35-16)25(30)23-24(17-7-10-21(33-4)22(15-17)34-5)29(27(32)26(23)31)12-6-11-28(2)3/h7-10,14-16,24,30H,6,11-13H2,1-5H3. The maximum atomic E-state index is 13.3. The van der Waals surface area contributed by atoms with Crippen LogP contribution in [0.2, 0.25) is 0 Å². The Hall–Kier alpha value is -3.52. The number of amides is 1. The lowest BCUT2D eigenvalue weighted by Crippen LogP contribution is -2.32. The predicted octanol–water partition coefficient (Wildman–Crippen LogP) is 3.40. The molecule has 186 valence electrons. The molecule has 2 unspecified atom stereocenters. The minimum atomic E-state index is -0.750. The molecule has 8 nitrogen and oxygen atoms in total. The minimum Gasteiger partial charge on any atom is -0.507 e. The van der Waals surface area contributed by atoms with Crippen molar-refractivity contribution in [1.29, 1.82) is 0 Å². The van der Waals surface area contributed by atoms with Crippen molar-refractivity contribution >= 4 is 17.4 Å². The van der Waals surface area contributed by atoms with Crippen LogP contribution in [0.3, 0.4) is 0 Å². The van der Waals surface area contributed by atoms with E-state index in [9.17, 15) is 14.7 Å². The third-order valence-corrected chi connectivity index (χ3v) is 6.44. The SMILES string of the molecule is COc1ccc(C2C(=C(O)c3ccc4c(c3)CC(C)O4)C(=O)C(=O)N2CCCN(C)C)cc1OC. The number of likely N-dealkylation sites (tertiary alicyclic amines) is 1. The molecule has 1 fully saturated rings. The summed E-state index contributed by atoms with van der Waals surface area (Å²) < 4.78 is 16.6. The maximum Gasteiger partial charge on any atom is 0.295 e. The molecule has 2 atom stereocenters. The van der Waals surface area contributed by atoms with E-state index in [1.165, 1.54) is 12.0 Å². The van der Waals surface area contributed by atoms with Crippen LogP contribution in [0.25, 0.3) is 5.76 Å². The average Bonchev–Trinajstić information content (AvgIpc) is 3.33. The number of aliphatic hydroxyl groups is 1. The second-order valence-electron chi connectivity index (χ2n) is 9.22. The van der Waals surface area contributed by atoms with Crippen molar-refractivity contribution < 1.29 is 28.9 Å². The lowest BCUT2D eigenvalue weighted by molar-refractivity contribution is -0.139. The van der Waals surface area contributed by atoms with Gasteiger partial charge >= 0.3 is 0 Å². The van der Waals surface area contributed by atoms with Crippen LogP contribution in [-0.2, 0) is 16.0 Å². The monoisotopic (exact) mass is 480 g/mol. The number of methoxy groups -OCH3 is 2. The Morgan fingerprint density at radius 1 is 1.11 bits per heavy atom. The van der Waals surface area contributed by atoms with Gasteiger partial charge in [0, 0.05) is 18.5 Å². The maximum absolute atomic E-state index is 13.3. The number of hydrogen-bond acceptors (Lipinski definition) is 7. The number of benzene rings is 2. The summed E-state index contributed by atoms with van der Waals surface area (Å²) in [5.74, 6) is 0.275. The first-order valence-electron chi connectivity index (χ1n) is 11.7. The molecule has 1 amide bonds. The van der Waals surface area contributed by atoms with Gasteiger partial charge in [-0.15, -0.1) is 0 Å². The van der Waals surface area contributed by atoms with Crippen LogP contribution < -0.4 is 14.2 Å². The zero-order valence-electron chi connectivity index (χ0n) is 20.8. The van der Waals surface area contributed by atoms with Gasteiger partial charge in [0.15, 0.2) is 11.5 Å². The molecule has 2 aromatic rings. The van der Waals surface area contributed by atoms with Crippen LogP contribution >= 0.6 is 0 Å². The fraction of sp³-hybridized carbons (Fsp3) is 0.407. The quantitative estimate of drug-likeness (QED) is 0.352. The highest BCUT2D eigenvalue weighted by Crippen LogP contribution is 2.42. The molecule has 0 aliphatic carbocycles. The van der Waals surface area contributed by atoms with E-state index in [1.807, 2.05) is 32.0 Å². The normalized spacial score (nSPS) is 20.8. The van der Waals surface area contributed by atoms with Gasteiger partial charge < -0.3 is 29.1 Å². The number of carbonyl (C=O) groups excluding carboxylic acids is 2. The summed E-state index contributed by atoms with van der Waals surface area (Å²) in [6.45, 7) is 3.11. The van der Waals surface area contributed by atoms with E-state index in [0.29, 0.717) is 42.0 Å². The van der Waals surface area contributed by atoms with Gasteiger partial charge in [-0.25, -0.2) is 0 Å². The zero-order chi connectivity index (χ0) is 25.3. The smallest absolute Gasteiger partial charge is 0.295 e. The summed E-state index contributed by atoms with van der Waals surface area (Å²) in [6.07, 6.45) is 1.45. The topological polar surface area (TPSA) is 88.5 Å². The molecule has 2 aliphatic heterocycles. The van der Waals surface area contributed by atoms with Crippen LogP contribution in [0.1, 0.15) is 36.1 Å². The fourth-order valence-corrected chi connectivity index (χ4v) is 4.76. The highest BCUT2D eigenvalue weighted by Gasteiger charge is 2.46. The summed E-state index contributed by atoms with van der Waals surface area (Å²) in [5, 5.41) is 11.4. The van der Waals surface area contributed by atoms with Gasteiger partial charge in [-0.05, 0) is 75.4 Å². The lowest BCUT2D eigenvalue weighted by Gasteiger charge is -2.26. The molecule has 1 N–H and O–H groups in total. The van der Waals surface area contributed by atoms with E-state index >= 15 is 0 Å². The number of fused-ring (bicyclic) bond motifs is 1. The van der Waals surface area contributed by atoms with Crippen LogP contribution in [0.15, 0.2) is 42.0 Å². The number of rotatable bonds is 8. The molecule has 0 saturated carbocycles. The van der Waals surface area contributed by atoms with E-state index < -0.39 is 17.7 Å². The van der Waals surface area contributed by atoms with Gasteiger partial charge in [-0.3, -0.25) is 9.59 Å². The number of carbonyl (C=O) groups is 2. The third-order valence-electron chi connectivity index (χ3n) is 6.44. The summed E-state index contributed by atoms with van der Waals surface area (Å²) in [4.78, 5) is 30.0.